The van der Waals surface area contributed by atoms with Crippen LogP contribution in [0.15, 0.2) is 66.7 Å². The van der Waals surface area contributed by atoms with Crippen LogP contribution in [-0.2, 0) is 13.0 Å². The van der Waals surface area contributed by atoms with E-state index in [-0.39, 0.29) is 6.04 Å². The summed E-state index contributed by atoms with van der Waals surface area (Å²) in [6, 6.07) is 22.3. The minimum absolute atomic E-state index is 0.0756. The molecule has 1 atom stereocenters. The number of hydrogen-bond acceptors (Lipinski definition) is 2. The van der Waals surface area contributed by atoms with E-state index in [2.05, 4.69) is 29.6 Å². The van der Waals surface area contributed by atoms with Gasteiger partial charge in [0, 0.05) is 16.6 Å². The second-order valence-electron chi connectivity index (χ2n) is 6.44. The summed E-state index contributed by atoms with van der Waals surface area (Å²) >= 11 is 12.5. The molecule has 0 saturated carbocycles. The molecular formula is C22H19Cl2NO. The number of halogens is 2. The standard InChI is InChI=1S/C22H19Cl2NO/c23-17-6-8-20(21(24)13-17)22-19-9-7-18(12-16(19)10-11-25-22)26-14-15-4-2-1-3-5-15/h1-9,12-13,22,25H,10-11,14H2. The van der Waals surface area contributed by atoms with Crippen molar-refractivity contribution in [2.24, 2.45) is 0 Å². The number of rotatable bonds is 4. The fraction of sp³-hybridized carbons (Fsp3) is 0.182. The predicted molar refractivity (Wildman–Crippen MR) is 107 cm³/mol. The second kappa shape index (κ2) is 7.71. The SMILES string of the molecule is Clc1ccc(C2NCCc3cc(OCc4ccccc4)ccc32)c(Cl)c1. The predicted octanol–water partition coefficient (Wildman–Crippen LogP) is 5.81. The zero-order valence-corrected chi connectivity index (χ0v) is 15.7. The van der Waals surface area contributed by atoms with Crippen molar-refractivity contribution in [3.63, 3.8) is 0 Å². The number of hydrogen-bond donors (Lipinski definition) is 1. The molecule has 1 aliphatic heterocycles. The smallest absolute Gasteiger partial charge is 0.120 e. The summed E-state index contributed by atoms with van der Waals surface area (Å²) in [4.78, 5) is 0. The first-order chi connectivity index (χ1) is 12.7. The molecule has 1 N–H and O–H groups in total. The van der Waals surface area contributed by atoms with Crippen molar-refractivity contribution in [1.29, 1.82) is 0 Å². The molecule has 0 saturated heterocycles. The van der Waals surface area contributed by atoms with Crippen LogP contribution < -0.4 is 10.1 Å². The van der Waals surface area contributed by atoms with Gasteiger partial charge in [-0.25, -0.2) is 0 Å². The highest BCUT2D eigenvalue weighted by atomic mass is 35.5. The number of nitrogens with one attached hydrogen (secondary N) is 1. The molecule has 0 fully saturated rings. The van der Waals surface area contributed by atoms with Crippen molar-refractivity contribution in [3.8, 4) is 5.75 Å². The topological polar surface area (TPSA) is 21.3 Å². The summed E-state index contributed by atoms with van der Waals surface area (Å²) in [7, 11) is 0. The Hall–Kier alpha value is -2.00. The van der Waals surface area contributed by atoms with Gasteiger partial charge in [0.05, 0.1) is 6.04 Å². The molecule has 3 aromatic rings. The van der Waals surface area contributed by atoms with Gasteiger partial charge in [-0.1, -0.05) is 65.7 Å². The number of fused-ring (bicyclic) bond motifs is 1. The van der Waals surface area contributed by atoms with Crippen LogP contribution in [-0.4, -0.2) is 6.54 Å². The average Bonchev–Trinajstić information content (AvgIpc) is 2.67. The molecule has 1 heterocycles. The van der Waals surface area contributed by atoms with E-state index in [0.29, 0.717) is 16.7 Å². The Morgan fingerprint density at radius 2 is 1.73 bits per heavy atom. The zero-order chi connectivity index (χ0) is 17.9. The molecule has 0 bridgehead atoms. The lowest BCUT2D eigenvalue weighted by atomic mass is 9.89. The van der Waals surface area contributed by atoms with E-state index in [4.69, 9.17) is 27.9 Å². The molecule has 0 aliphatic carbocycles. The van der Waals surface area contributed by atoms with Gasteiger partial charge in [-0.05, 0) is 52.9 Å². The van der Waals surface area contributed by atoms with Gasteiger partial charge < -0.3 is 10.1 Å². The Balaban J connectivity index is 1.57. The van der Waals surface area contributed by atoms with Crippen LogP contribution in [0, 0.1) is 0 Å². The van der Waals surface area contributed by atoms with Crippen LogP contribution in [0.2, 0.25) is 10.0 Å². The largest absolute Gasteiger partial charge is 0.489 e. The first kappa shape index (κ1) is 17.4. The highest BCUT2D eigenvalue weighted by Gasteiger charge is 2.23. The molecule has 26 heavy (non-hydrogen) atoms. The third kappa shape index (κ3) is 3.73. The molecule has 0 amide bonds. The maximum absolute atomic E-state index is 6.43. The third-order valence-electron chi connectivity index (χ3n) is 4.69. The van der Waals surface area contributed by atoms with Gasteiger partial charge >= 0.3 is 0 Å². The van der Waals surface area contributed by atoms with Crippen molar-refractivity contribution in [2.45, 2.75) is 19.1 Å². The summed E-state index contributed by atoms with van der Waals surface area (Å²) < 4.78 is 5.97. The van der Waals surface area contributed by atoms with E-state index in [1.165, 1.54) is 11.1 Å². The average molecular weight is 384 g/mol. The summed E-state index contributed by atoms with van der Waals surface area (Å²) in [5, 5.41) is 4.90. The van der Waals surface area contributed by atoms with Crippen molar-refractivity contribution < 1.29 is 4.74 Å². The maximum atomic E-state index is 6.43. The molecular weight excluding hydrogens is 365 g/mol. The summed E-state index contributed by atoms with van der Waals surface area (Å²) in [6.07, 6.45) is 0.972. The Morgan fingerprint density at radius 1 is 0.923 bits per heavy atom. The first-order valence-electron chi connectivity index (χ1n) is 8.68. The molecule has 0 spiro atoms. The monoisotopic (exact) mass is 383 g/mol. The molecule has 1 unspecified atom stereocenters. The summed E-state index contributed by atoms with van der Waals surface area (Å²) in [5.41, 5.74) is 4.76. The molecule has 132 valence electrons. The Kier molecular flexibility index (Phi) is 5.16. The van der Waals surface area contributed by atoms with Crippen molar-refractivity contribution in [3.05, 3.63) is 99.0 Å². The van der Waals surface area contributed by atoms with Crippen LogP contribution in [0.4, 0.5) is 0 Å². The molecule has 0 aromatic heterocycles. The molecule has 3 aromatic carbocycles. The quantitative estimate of drug-likeness (QED) is 0.613. The van der Waals surface area contributed by atoms with E-state index in [0.717, 1.165) is 29.8 Å². The molecule has 1 aliphatic rings. The minimum atomic E-state index is 0.0756. The van der Waals surface area contributed by atoms with Crippen molar-refractivity contribution in [2.75, 3.05) is 6.54 Å². The summed E-state index contributed by atoms with van der Waals surface area (Å²) in [5.74, 6) is 0.899. The van der Waals surface area contributed by atoms with Crippen LogP contribution >= 0.6 is 23.2 Å². The second-order valence-corrected chi connectivity index (χ2v) is 7.28. The van der Waals surface area contributed by atoms with Crippen LogP contribution in [0.1, 0.15) is 28.3 Å². The van der Waals surface area contributed by atoms with Gasteiger partial charge in [-0.2, -0.15) is 0 Å². The van der Waals surface area contributed by atoms with Gasteiger partial charge in [0.1, 0.15) is 12.4 Å². The highest BCUT2D eigenvalue weighted by molar-refractivity contribution is 6.35. The van der Waals surface area contributed by atoms with Crippen LogP contribution in [0.5, 0.6) is 5.75 Å². The van der Waals surface area contributed by atoms with E-state index < -0.39 is 0 Å². The fourth-order valence-corrected chi connectivity index (χ4v) is 3.90. The molecule has 4 rings (SSSR count). The van der Waals surface area contributed by atoms with E-state index in [1.54, 1.807) is 6.07 Å². The molecule has 2 nitrogen and oxygen atoms in total. The Morgan fingerprint density at radius 3 is 2.54 bits per heavy atom. The van der Waals surface area contributed by atoms with E-state index in [9.17, 15) is 0 Å². The van der Waals surface area contributed by atoms with E-state index >= 15 is 0 Å². The highest BCUT2D eigenvalue weighted by Crippen LogP contribution is 2.35. The molecule has 4 heteroatoms. The molecule has 0 radical (unpaired) electrons. The lowest BCUT2D eigenvalue weighted by molar-refractivity contribution is 0.305. The van der Waals surface area contributed by atoms with E-state index in [1.807, 2.05) is 36.4 Å². The lowest BCUT2D eigenvalue weighted by Gasteiger charge is -2.28. The minimum Gasteiger partial charge on any atom is -0.489 e. The summed E-state index contributed by atoms with van der Waals surface area (Å²) in [6.45, 7) is 1.48. The van der Waals surface area contributed by atoms with Gasteiger partial charge in [-0.3, -0.25) is 0 Å². The van der Waals surface area contributed by atoms with Crippen molar-refractivity contribution >= 4 is 23.2 Å². The zero-order valence-electron chi connectivity index (χ0n) is 14.2. The normalized spacial score (nSPS) is 16.2. The number of benzene rings is 3. The maximum Gasteiger partial charge on any atom is 0.120 e. The van der Waals surface area contributed by atoms with Gasteiger partial charge in [0.15, 0.2) is 0 Å². The van der Waals surface area contributed by atoms with Crippen LogP contribution in [0.3, 0.4) is 0 Å². The third-order valence-corrected chi connectivity index (χ3v) is 5.25. The number of ether oxygens (including phenoxy) is 1. The van der Waals surface area contributed by atoms with Crippen LogP contribution in [0.25, 0.3) is 0 Å². The first-order valence-corrected chi connectivity index (χ1v) is 9.44. The Bertz CT molecular complexity index is 911. The van der Waals surface area contributed by atoms with Gasteiger partial charge in [-0.15, -0.1) is 0 Å². The Labute approximate surface area is 163 Å². The lowest BCUT2D eigenvalue weighted by Crippen LogP contribution is -2.30. The van der Waals surface area contributed by atoms with Crippen molar-refractivity contribution in [1.82, 2.24) is 5.32 Å². The fourth-order valence-electron chi connectivity index (χ4n) is 3.39. The van der Waals surface area contributed by atoms with Gasteiger partial charge in [0.2, 0.25) is 0 Å². The van der Waals surface area contributed by atoms with Gasteiger partial charge in [0.25, 0.3) is 0 Å².